The maximum Gasteiger partial charge on any atom is 0.243 e. The van der Waals surface area contributed by atoms with E-state index in [9.17, 15) is 13.2 Å². The summed E-state index contributed by atoms with van der Waals surface area (Å²) in [5.74, 6) is 0.465. The van der Waals surface area contributed by atoms with Crippen LogP contribution < -0.4 is 14.4 Å². The van der Waals surface area contributed by atoms with E-state index in [0.29, 0.717) is 30.9 Å². The highest BCUT2D eigenvalue weighted by atomic mass is 32.2. The maximum absolute atomic E-state index is 13.4. The predicted octanol–water partition coefficient (Wildman–Crippen LogP) is 3.08. The molecule has 0 radical (unpaired) electrons. The number of para-hydroxylation sites is 1. The first-order valence-corrected chi connectivity index (χ1v) is 11.9. The van der Waals surface area contributed by atoms with Gasteiger partial charge in [-0.1, -0.05) is 18.2 Å². The second-order valence-electron chi connectivity index (χ2n) is 8.11. The van der Waals surface area contributed by atoms with Crippen molar-refractivity contribution in [3.63, 3.8) is 0 Å². The molecule has 0 aromatic heterocycles. The lowest BCUT2D eigenvalue weighted by Crippen LogP contribution is -2.48. The van der Waals surface area contributed by atoms with E-state index in [4.69, 9.17) is 9.47 Å². The minimum Gasteiger partial charge on any atom is -0.493 e. The number of carbonyl (C=O) groups excluding carboxylic acids is 1. The number of anilines is 1. The lowest BCUT2D eigenvalue weighted by Gasteiger charge is -2.34. The lowest BCUT2D eigenvalue weighted by molar-refractivity contribution is -0.123. The van der Waals surface area contributed by atoms with Crippen molar-refractivity contribution in [2.24, 2.45) is 5.92 Å². The molecule has 2 atom stereocenters. The van der Waals surface area contributed by atoms with Crippen LogP contribution in [0.25, 0.3) is 0 Å². The fourth-order valence-electron chi connectivity index (χ4n) is 4.59. The van der Waals surface area contributed by atoms with E-state index >= 15 is 0 Å². The lowest BCUT2D eigenvalue weighted by atomic mass is 9.97. The molecule has 2 aliphatic rings. The fraction of sp³-hybridized carbons (Fsp3) is 0.435. The first-order chi connectivity index (χ1) is 14.9. The molecule has 31 heavy (non-hydrogen) atoms. The van der Waals surface area contributed by atoms with Crippen LogP contribution in [0.5, 0.6) is 11.5 Å². The molecule has 2 aromatic rings. The number of piperidine rings is 1. The van der Waals surface area contributed by atoms with E-state index < -0.39 is 10.0 Å². The Morgan fingerprint density at radius 3 is 2.55 bits per heavy atom. The van der Waals surface area contributed by atoms with Crippen molar-refractivity contribution in [1.82, 2.24) is 4.31 Å². The van der Waals surface area contributed by atoms with Crippen LogP contribution in [0.1, 0.15) is 25.3 Å². The average Bonchev–Trinajstić information content (AvgIpc) is 3.13. The van der Waals surface area contributed by atoms with Crippen LogP contribution in [0.2, 0.25) is 0 Å². The van der Waals surface area contributed by atoms with Crippen molar-refractivity contribution in [2.45, 2.75) is 37.1 Å². The number of amides is 1. The van der Waals surface area contributed by atoms with Gasteiger partial charge in [-0.25, -0.2) is 8.42 Å². The Morgan fingerprint density at radius 2 is 1.81 bits per heavy atom. The summed E-state index contributed by atoms with van der Waals surface area (Å²) in [6, 6.07) is 12.6. The molecular weight excluding hydrogens is 416 g/mol. The summed E-state index contributed by atoms with van der Waals surface area (Å²) in [5.41, 5.74) is 2.11. The summed E-state index contributed by atoms with van der Waals surface area (Å²) in [6.45, 7) is 2.62. The summed E-state index contributed by atoms with van der Waals surface area (Å²) >= 11 is 0. The number of sulfonamides is 1. The number of hydrogen-bond donors (Lipinski definition) is 0. The van der Waals surface area contributed by atoms with Gasteiger partial charge in [0.15, 0.2) is 11.5 Å². The van der Waals surface area contributed by atoms with Gasteiger partial charge in [-0.3, -0.25) is 4.79 Å². The first kappa shape index (κ1) is 21.6. The van der Waals surface area contributed by atoms with E-state index in [1.165, 1.54) is 30.7 Å². The molecule has 2 unspecified atom stereocenters. The summed E-state index contributed by atoms with van der Waals surface area (Å²) in [6.07, 6.45) is 2.15. The summed E-state index contributed by atoms with van der Waals surface area (Å²) in [7, 11) is -0.781. The zero-order valence-electron chi connectivity index (χ0n) is 18.1. The number of nitrogens with zero attached hydrogens (tertiary/aromatic N) is 2. The SMILES string of the molecule is COc1ccc(S(=O)(=O)N2CCCC(C(=O)N3c4ccccc4CC3C)C2)cc1OC. The normalized spacial score (nSPS) is 21.6. The molecule has 1 fully saturated rings. The molecule has 166 valence electrons. The van der Waals surface area contributed by atoms with Gasteiger partial charge in [-0.2, -0.15) is 4.31 Å². The number of rotatable bonds is 5. The Bertz CT molecular complexity index is 1090. The third kappa shape index (κ3) is 3.90. The maximum atomic E-state index is 13.4. The predicted molar refractivity (Wildman–Crippen MR) is 118 cm³/mol. The van der Waals surface area contributed by atoms with Crippen LogP contribution in [0.3, 0.4) is 0 Å². The van der Waals surface area contributed by atoms with Crippen LogP contribution in [-0.4, -0.2) is 52.0 Å². The van der Waals surface area contributed by atoms with E-state index in [1.807, 2.05) is 36.1 Å². The van der Waals surface area contributed by atoms with Gasteiger partial charge < -0.3 is 14.4 Å². The van der Waals surface area contributed by atoms with Gasteiger partial charge in [-0.15, -0.1) is 0 Å². The molecule has 2 aliphatic heterocycles. The molecule has 0 aliphatic carbocycles. The smallest absolute Gasteiger partial charge is 0.243 e. The van der Waals surface area contributed by atoms with Crippen molar-refractivity contribution in [2.75, 3.05) is 32.2 Å². The Kier molecular flexibility index (Phi) is 5.94. The van der Waals surface area contributed by atoms with E-state index in [-0.39, 0.29) is 29.3 Å². The molecule has 0 bridgehead atoms. The first-order valence-electron chi connectivity index (χ1n) is 10.5. The molecule has 1 saturated heterocycles. The average molecular weight is 445 g/mol. The topological polar surface area (TPSA) is 76.2 Å². The molecule has 0 spiro atoms. The van der Waals surface area contributed by atoms with Gasteiger partial charge in [0.05, 0.1) is 25.0 Å². The zero-order chi connectivity index (χ0) is 22.2. The largest absolute Gasteiger partial charge is 0.493 e. The second kappa shape index (κ2) is 8.51. The monoisotopic (exact) mass is 444 g/mol. The van der Waals surface area contributed by atoms with E-state index in [0.717, 1.165) is 17.7 Å². The third-order valence-electron chi connectivity index (χ3n) is 6.17. The highest BCUT2D eigenvalue weighted by Gasteiger charge is 2.39. The van der Waals surface area contributed by atoms with Crippen molar-refractivity contribution in [3.05, 3.63) is 48.0 Å². The van der Waals surface area contributed by atoms with Gasteiger partial charge >= 0.3 is 0 Å². The molecule has 0 saturated carbocycles. The van der Waals surface area contributed by atoms with Crippen molar-refractivity contribution in [1.29, 1.82) is 0 Å². The molecule has 4 rings (SSSR count). The summed E-state index contributed by atoms with van der Waals surface area (Å²) in [5, 5.41) is 0. The quantitative estimate of drug-likeness (QED) is 0.708. The van der Waals surface area contributed by atoms with Crippen molar-refractivity contribution < 1.29 is 22.7 Å². The molecule has 0 N–H and O–H groups in total. The Morgan fingerprint density at radius 1 is 1.06 bits per heavy atom. The molecule has 2 heterocycles. The highest BCUT2D eigenvalue weighted by molar-refractivity contribution is 7.89. The van der Waals surface area contributed by atoms with Crippen LogP contribution in [0.15, 0.2) is 47.4 Å². The summed E-state index contributed by atoms with van der Waals surface area (Å²) < 4.78 is 38.5. The number of ether oxygens (including phenoxy) is 2. The fourth-order valence-corrected chi connectivity index (χ4v) is 6.13. The van der Waals surface area contributed by atoms with Crippen LogP contribution in [-0.2, 0) is 21.2 Å². The standard InChI is InChI=1S/C23H28N2O5S/c1-16-13-17-7-4-5-9-20(17)25(16)23(26)18-8-6-12-24(15-18)31(27,28)19-10-11-21(29-2)22(14-19)30-3/h4-5,7,9-11,14,16,18H,6,8,12-13,15H2,1-3H3. The van der Waals surface area contributed by atoms with Gasteiger partial charge in [0.2, 0.25) is 15.9 Å². The Labute approximate surface area is 183 Å². The number of benzene rings is 2. The van der Waals surface area contributed by atoms with Gasteiger partial charge in [0.1, 0.15) is 0 Å². The minimum atomic E-state index is -3.76. The second-order valence-corrected chi connectivity index (χ2v) is 10.0. The Hall–Kier alpha value is -2.58. The minimum absolute atomic E-state index is 0.00432. The highest BCUT2D eigenvalue weighted by Crippen LogP contribution is 2.36. The number of carbonyl (C=O) groups is 1. The van der Waals surface area contributed by atoms with Gasteiger partial charge in [-0.05, 0) is 49.9 Å². The molecule has 8 heteroatoms. The molecular formula is C23H28N2O5S. The molecule has 1 amide bonds. The van der Waals surface area contributed by atoms with Gasteiger partial charge in [0, 0.05) is 30.9 Å². The number of methoxy groups -OCH3 is 2. The molecule has 7 nitrogen and oxygen atoms in total. The number of hydrogen-bond acceptors (Lipinski definition) is 5. The van der Waals surface area contributed by atoms with Crippen LogP contribution >= 0.6 is 0 Å². The van der Waals surface area contributed by atoms with Crippen LogP contribution in [0.4, 0.5) is 5.69 Å². The third-order valence-corrected chi connectivity index (χ3v) is 8.03. The Balaban J connectivity index is 1.57. The van der Waals surface area contributed by atoms with Crippen LogP contribution in [0, 0.1) is 5.92 Å². The number of fused-ring (bicyclic) bond motifs is 1. The van der Waals surface area contributed by atoms with Crippen molar-refractivity contribution in [3.8, 4) is 11.5 Å². The van der Waals surface area contributed by atoms with Crippen molar-refractivity contribution >= 4 is 21.6 Å². The summed E-state index contributed by atoms with van der Waals surface area (Å²) in [4.78, 5) is 15.4. The zero-order valence-corrected chi connectivity index (χ0v) is 18.9. The van der Waals surface area contributed by atoms with Gasteiger partial charge in [0.25, 0.3) is 0 Å². The van der Waals surface area contributed by atoms with E-state index in [1.54, 1.807) is 6.07 Å². The van der Waals surface area contributed by atoms with E-state index in [2.05, 4.69) is 0 Å². The molecule has 2 aromatic carbocycles.